The van der Waals surface area contributed by atoms with Crippen LogP contribution in [0.25, 0.3) is 0 Å². The summed E-state index contributed by atoms with van der Waals surface area (Å²) in [7, 11) is -6.38. The van der Waals surface area contributed by atoms with Gasteiger partial charge in [-0.15, -0.1) is 20.5 Å². The summed E-state index contributed by atoms with van der Waals surface area (Å²) in [4.78, 5) is 0. The highest BCUT2D eigenvalue weighted by molar-refractivity contribution is 5.54. The van der Waals surface area contributed by atoms with E-state index in [2.05, 4.69) is 94.3 Å². The Labute approximate surface area is 244 Å². The molecule has 2 aromatic carbocycles. The molecule has 0 unspecified atom stereocenters. The van der Waals surface area contributed by atoms with Crippen molar-refractivity contribution < 1.29 is 76.4 Å². The molecule has 7 heterocycles. The van der Waals surface area contributed by atoms with E-state index >= 15 is 0 Å². The predicted molar refractivity (Wildman–Crippen MR) is 119 cm³/mol. The van der Waals surface area contributed by atoms with Gasteiger partial charge in [-0.05, 0) is 47.5 Å². The Morgan fingerprint density at radius 2 is 0.881 bits per heavy atom. The number of hydrogen-bond donors (Lipinski definition) is 0. The Morgan fingerprint density at radius 1 is 0.524 bits per heavy atom. The van der Waals surface area contributed by atoms with Gasteiger partial charge >= 0.3 is 0 Å². The van der Waals surface area contributed by atoms with Crippen molar-refractivity contribution >= 4 is 0 Å². The molecule has 0 fully saturated rings. The Morgan fingerprint density at radius 3 is 1.21 bits per heavy atom. The highest BCUT2D eigenvalue weighted by Crippen LogP contribution is 2.55. The van der Waals surface area contributed by atoms with Crippen LogP contribution in [-0.2, 0) is 0 Å². The van der Waals surface area contributed by atoms with Gasteiger partial charge in [-0.1, -0.05) is 12.1 Å². The van der Waals surface area contributed by atoms with Gasteiger partial charge in [0, 0.05) is 35.4 Å². The summed E-state index contributed by atoms with van der Waals surface area (Å²) in [5, 5.41) is 0. The van der Waals surface area contributed by atoms with Crippen molar-refractivity contribution in [1.82, 2.24) is 0 Å². The van der Waals surface area contributed by atoms with Gasteiger partial charge in [-0.2, -0.15) is 9.13 Å². The number of halogens is 2. The number of rotatable bonds is 2. The van der Waals surface area contributed by atoms with Gasteiger partial charge in [0.15, 0.2) is 23.8 Å². The lowest BCUT2D eigenvalue weighted by Crippen LogP contribution is -2.68. The summed E-state index contributed by atoms with van der Waals surface area (Å²) < 4.78 is 84.3. The molecule has 0 N–H and O–H groups in total. The fraction of sp³-hybridized carbons (Fsp3) is 0.214. The Bertz CT molecular complexity index is 1480. The molecular formula is C28H24Cl2N2O10. The molecule has 6 aliphatic rings. The monoisotopic (exact) mass is 618 g/mol. The van der Waals surface area contributed by atoms with Crippen molar-refractivity contribution in [3.05, 3.63) is 119 Å². The minimum Gasteiger partial charge on any atom is -0.497 e. The molecule has 0 saturated carbocycles. The minimum atomic E-state index is -4.94. The Balaban J connectivity index is 0.000000308. The quantitative estimate of drug-likeness (QED) is 0.194. The van der Waals surface area contributed by atoms with Gasteiger partial charge in [0.1, 0.15) is 23.3 Å². The molecule has 0 spiro atoms. The molecule has 4 bridgehead atoms. The SMILES string of the molecule is COc1ccc2c(c1)[C@H]1c3cccc[n+]3[C@@H]2[C@@H]2c3cc(OC)ccc3[C@H]1[n+]1ccccc12.[O-][Cl+3]([O-])([O-])[O-].[O-][Cl+3]([O-])([O-])[O-]. The van der Waals surface area contributed by atoms with Gasteiger partial charge in [0.05, 0.1) is 14.2 Å². The molecule has 4 aromatic rings. The third-order valence-corrected chi connectivity index (χ3v) is 7.61. The fourth-order valence-electron chi connectivity index (χ4n) is 6.37. The minimum absolute atomic E-state index is 0.157. The van der Waals surface area contributed by atoms with E-state index in [0.29, 0.717) is 0 Å². The van der Waals surface area contributed by atoms with Crippen LogP contribution in [0.2, 0.25) is 0 Å². The second-order valence-corrected chi connectivity index (χ2v) is 11.2. The van der Waals surface area contributed by atoms with E-state index in [0.717, 1.165) is 11.5 Å². The average molecular weight is 619 g/mol. The summed E-state index contributed by atoms with van der Waals surface area (Å²) in [6.07, 6.45) is 4.52. The van der Waals surface area contributed by atoms with Crippen LogP contribution < -0.4 is 55.9 Å². The van der Waals surface area contributed by atoms with Gasteiger partial charge in [0.2, 0.25) is 12.1 Å². The van der Waals surface area contributed by atoms with Crippen molar-refractivity contribution in [2.45, 2.75) is 23.9 Å². The molecule has 4 atom stereocenters. The van der Waals surface area contributed by atoms with E-state index in [1.807, 2.05) is 0 Å². The lowest BCUT2D eigenvalue weighted by Gasteiger charge is -2.42. The number of ether oxygens (including phenoxy) is 2. The third kappa shape index (κ3) is 5.91. The zero-order valence-electron chi connectivity index (χ0n) is 22.1. The van der Waals surface area contributed by atoms with Gasteiger partial charge in [-0.25, -0.2) is 37.3 Å². The molecule has 0 saturated heterocycles. The normalized spacial score (nSPS) is 20.6. The summed E-state index contributed by atoms with van der Waals surface area (Å²) in [5.41, 5.74) is 8.24. The van der Waals surface area contributed by atoms with Crippen molar-refractivity contribution in [1.29, 1.82) is 0 Å². The zero-order valence-corrected chi connectivity index (χ0v) is 23.6. The number of methoxy groups -OCH3 is 2. The van der Waals surface area contributed by atoms with Crippen LogP contribution in [0.4, 0.5) is 0 Å². The molecule has 0 radical (unpaired) electrons. The maximum absolute atomic E-state index is 8.49. The van der Waals surface area contributed by atoms with E-state index < -0.39 is 20.5 Å². The zero-order chi connectivity index (χ0) is 30.4. The Kier molecular flexibility index (Phi) is 8.13. The topological polar surface area (TPSA) is 211 Å². The van der Waals surface area contributed by atoms with Crippen LogP contribution in [0, 0.1) is 20.5 Å². The second-order valence-electron chi connectivity index (χ2n) is 9.66. The highest BCUT2D eigenvalue weighted by Gasteiger charge is 2.58. The lowest BCUT2D eigenvalue weighted by molar-refractivity contribution is -2.00. The summed E-state index contributed by atoms with van der Waals surface area (Å²) in [6, 6.07) is 26.9. The maximum atomic E-state index is 8.49. The number of benzene rings is 2. The first-order chi connectivity index (χ1) is 19.8. The van der Waals surface area contributed by atoms with Gasteiger partial charge in [-0.3, -0.25) is 0 Å². The van der Waals surface area contributed by atoms with E-state index in [1.54, 1.807) is 14.2 Å². The van der Waals surface area contributed by atoms with Gasteiger partial charge < -0.3 is 9.47 Å². The van der Waals surface area contributed by atoms with E-state index in [-0.39, 0.29) is 23.9 Å². The first kappa shape index (κ1) is 30.1. The molecule has 1 aliphatic carbocycles. The number of hydrogen-bond acceptors (Lipinski definition) is 10. The number of aromatic nitrogens is 2. The Hall–Kier alpha value is -3.40. The van der Waals surface area contributed by atoms with Crippen LogP contribution in [0.5, 0.6) is 11.5 Å². The van der Waals surface area contributed by atoms with Crippen LogP contribution >= 0.6 is 0 Å². The molecule has 10 rings (SSSR count). The van der Waals surface area contributed by atoms with E-state index in [4.69, 9.17) is 46.7 Å². The second kappa shape index (κ2) is 11.4. The summed E-state index contributed by atoms with van der Waals surface area (Å²) >= 11 is 0. The number of nitrogens with zero attached hydrogens (tertiary/aromatic N) is 2. The van der Waals surface area contributed by atoms with Crippen LogP contribution in [0.1, 0.15) is 57.6 Å². The van der Waals surface area contributed by atoms with Crippen molar-refractivity contribution in [2.75, 3.05) is 14.2 Å². The predicted octanol–water partition coefficient (Wildman–Crippen LogP) is -5.45. The smallest absolute Gasteiger partial charge is 0.200 e. The van der Waals surface area contributed by atoms with E-state index in [9.17, 15) is 0 Å². The summed E-state index contributed by atoms with van der Waals surface area (Å²) in [6.45, 7) is 0. The average Bonchev–Trinajstić information content (AvgIpc) is 2.91. The molecule has 2 aromatic heterocycles. The molecule has 220 valence electrons. The summed E-state index contributed by atoms with van der Waals surface area (Å²) in [5.74, 6) is 2.19. The highest BCUT2D eigenvalue weighted by atomic mass is 35.7. The standard InChI is InChI=1S/C28H24N2O2.2ClHO4/c1-31-17-9-11-19-21(15-17)25-23-7-3-5-13-29(23)27(19)26-22-16-18(32-2)10-12-20(22)28(25)30-14-6-4-8-24(26)30;2*2-1(3,4)5/h3-16,25-28H,1-2H3;2*(H,2,3,4,5)/q+2;;/p-2/t25-,26+,27-,28+;;. The first-order valence-electron chi connectivity index (χ1n) is 12.4. The van der Waals surface area contributed by atoms with Crippen LogP contribution in [0.15, 0.2) is 85.2 Å². The molecule has 42 heavy (non-hydrogen) atoms. The molecule has 0 amide bonds. The first-order valence-corrected chi connectivity index (χ1v) is 14.9. The largest absolute Gasteiger partial charge is 0.497 e. The van der Waals surface area contributed by atoms with E-state index in [1.165, 1.54) is 33.6 Å². The molecular weight excluding hydrogens is 595 g/mol. The molecule has 12 nitrogen and oxygen atoms in total. The van der Waals surface area contributed by atoms with Gasteiger partial charge in [0.25, 0.3) is 0 Å². The molecule has 5 aliphatic heterocycles. The number of pyridine rings is 2. The van der Waals surface area contributed by atoms with Crippen LogP contribution in [-0.4, -0.2) is 14.2 Å². The van der Waals surface area contributed by atoms with Crippen molar-refractivity contribution in [2.24, 2.45) is 0 Å². The van der Waals surface area contributed by atoms with Crippen LogP contribution in [0.3, 0.4) is 0 Å². The lowest BCUT2D eigenvalue weighted by atomic mass is 9.65. The van der Waals surface area contributed by atoms with Crippen molar-refractivity contribution in [3.63, 3.8) is 0 Å². The maximum Gasteiger partial charge on any atom is 0.200 e. The fourth-order valence-corrected chi connectivity index (χ4v) is 6.37. The van der Waals surface area contributed by atoms with Crippen molar-refractivity contribution in [3.8, 4) is 11.5 Å². The molecule has 14 heteroatoms. The third-order valence-electron chi connectivity index (χ3n) is 7.61.